The number of aromatic nitrogens is 2. The zero-order valence-electron chi connectivity index (χ0n) is 13.4. The number of nitrogens with zero attached hydrogens (tertiary/aromatic N) is 2. The van der Waals surface area contributed by atoms with Crippen molar-refractivity contribution in [3.63, 3.8) is 0 Å². The SMILES string of the molecule is CC(C)Sc1ccc(CC(=O)Nc2nnc(-c3cccs3)o2)cc1. The molecule has 0 radical (unpaired) electrons. The number of thioether (sulfide) groups is 1. The molecule has 0 atom stereocenters. The molecule has 0 aliphatic carbocycles. The lowest BCUT2D eigenvalue weighted by molar-refractivity contribution is -0.115. The fraction of sp³-hybridized carbons (Fsp3) is 0.235. The third-order valence-electron chi connectivity index (χ3n) is 3.06. The number of thiophene rings is 1. The summed E-state index contributed by atoms with van der Waals surface area (Å²) in [5.41, 5.74) is 0.943. The van der Waals surface area contributed by atoms with Crippen LogP contribution in [0.3, 0.4) is 0 Å². The van der Waals surface area contributed by atoms with Crippen molar-refractivity contribution in [1.29, 1.82) is 0 Å². The van der Waals surface area contributed by atoms with E-state index in [9.17, 15) is 4.79 Å². The molecule has 5 nitrogen and oxygen atoms in total. The summed E-state index contributed by atoms with van der Waals surface area (Å²) in [7, 11) is 0. The van der Waals surface area contributed by atoms with Gasteiger partial charge in [0, 0.05) is 10.1 Å². The molecule has 124 valence electrons. The van der Waals surface area contributed by atoms with Crippen LogP contribution in [0.25, 0.3) is 10.8 Å². The lowest BCUT2D eigenvalue weighted by atomic mass is 10.1. The summed E-state index contributed by atoms with van der Waals surface area (Å²) in [5.74, 6) is 0.232. The van der Waals surface area contributed by atoms with Gasteiger partial charge in [0.15, 0.2) is 0 Å². The summed E-state index contributed by atoms with van der Waals surface area (Å²) in [4.78, 5) is 14.2. The molecule has 0 unspecified atom stereocenters. The Labute approximate surface area is 148 Å². The van der Waals surface area contributed by atoms with Crippen LogP contribution in [0.5, 0.6) is 0 Å². The van der Waals surface area contributed by atoms with Gasteiger partial charge in [0.05, 0.1) is 11.3 Å². The van der Waals surface area contributed by atoms with Gasteiger partial charge in [-0.3, -0.25) is 10.1 Å². The molecule has 3 rings (SSSR count). The number of nitrogens with one attached hydrogen (secondary N) is 1. The Balaban J connectivity index is 1.57. The number of rotatable bonds is 6. The summed E-state index contributed by atoms with van der Waals surface area (Å²) >= 11 is 3.30. The maximum Gasteiger partial charge on any atom is 0.322 e. The lowest BCUT2D eigenvalue weighted by Gasteiger charge is -2.06. The fourth-order valence-electron chi connectivity index (χ4n) is 2.08. The number of hydrogen-bond donors (Lipinski definition) is 1. The molecule has 0 fully saturated rings. The van der Waals surface area contributed by atoms with E-state index in [4.69, 9.17) is 4.42 Å². The Kier molecular flexibility index (Phi) is 5.32. The van der Waals surface area contributed by atoms with Gasteiger partial charge in [-0.25, -0.2) is 0 Å². The smallest absolute Gasteiger partial charge is 0.322 e. The summed E-state index contributed by atoms with van der Waals surface area (Å²) in [6.45, 7) is 4.31. The van der Waals surface area contributed by atoms with Crippen LogP contribution in [0.1, 0.15) is 19.4 Å². The molecule has 2 heterocycles. The van der Waals surface area contributed by atoms with Gasteiger partial charge in [-0.05, 0) is 29.1 Å². The second-order valence-electron chi connectivity index (χ2n) is 5.43. The number of anilines is 1. The second-order valence-corrected chi connectivity index (χ2v) is 8.02. The highest BCUT2D eigenvalue weighted by Crippen LogP contribution is 2.25. The highest BCUT2D eigenvalue weighted by Gasteiger charge is 2.12. The molecule has 3 aromatic rings. The van der Waals surface area contributed by atoms with Crippen molar-refractivity contribution in [3.8, 4) is 10.8 Å². The van der Waals surface area contributed by atoms with Gasteiger partial charge in [0.2, 0.25) is 5.91 Å². The molecule has 1 aromatic carbocycles. The van der Waals surface area contributed by atoms with E-state index in [-0.39, 0.29) is 18.3 Å². The van der Waals surface area contributed by atoms with Crippen LogP contribution < -0.4 is 5.32 Å². The van der Waals surface area contributed by atoms with Crippen molar-refractivity contribution in [1.82, 2.24) is 10.2 Å². The highest BCUT2D eigenvalue weighted by atomic mass is 32.2. The second kappa shape index (κ2) is 7.63. The predicted octanol–water partition coefficient (Wildman–Crippen LogP) is 4.48. The van der Waals surface area contributed by atoms with Crippen LogP contribution in [0, 0.1) is 0 Å². The summed E-state index contributed by atoms with van der Waals surface area (Å²) in [6, 6.07) is 11.9. The first-order valence-electron chi connectivity index (χ1n) is 7.53. The van der Waals surface area contributed by atoms with E-state index in [1.807, 2.05) is 41.8 Å². The third-order valence-corrected chi connectivity index (χ3v) is 4.94. The van der Waals surface area contributed by atoms with E-state index in [1.54, 1.807) is 11.8 Å². The molecule has 1 amide bonds. The molecule has 0 bridgehead atoms. The van der Waals surface area contributed by atoms with Crippen molar-refractivity contribution in [3.05, 3.63) is 47.3 Å². The van der Waals surface area contributed by atoms with Crippen LogP contribution in [0.2, 0.25) is 0 Å². The normalized spacial score (nSPS) is 11.0. The topological polar surface area (TPSA) is 68.0 Å². The Morgan fingerprint density at radius 3 is 2.71 bits per heavy atom. The Hall–Kier alpha value is -2.12. The van der Waals surface area contributed by atoms with E-state index in [0.717, 1.165) is 10.4 Å². The monoisotopic (exact) mass is 359 g/mol. The van der Waals surface area contributed by atoms with E-state index in [0.29, 0.717) is 11.1 Å². The first-order chi connectivity index (χ1) is 11.6. The largest absolute Gasteiger partial charge is 0.402 e. The molecule has 24 heavy (non-hydrogen) atoms. The minimum atomic E-state index is -0.180. The Bertz CT molecular complexity index is 796. The molecular formula is C17H17N3O2S2. The van der Waals surface area contributed by atoms with Crippen LogP contribution in [0.4, 0.5) is 6.01 Å². The predicted molar refractivity (Wildman–Crippen MR) is 97.4 cm³/mol. The van der Waals surface area contributed by atoms with Gasteiger partial charge < -0.3 is 4.42 Å². The van der Waals surface area contributed by atoms with Crippen molar-refractivity contribution >= 4 is 35.0 Å². The average Bonchev–Trinajstić information content (AvgIpc) is 3.19. The maximum atomic E-state index is 12.1. The first-order valence-corrected chi connectivity index (χ1v) is 9.29. The summed E-state index contributed by atoms with van der Waals surface area (Å²) in [5, 5.41) is 12.9. The quantitative estimate of drug-likeness (QED) is 0.657. The summed E-state index contributed by atoms with van der Waals surface area (Å²) < 4.78 is 5.45. The number of benzene rings is 1. The van der Waals surface area contributed by atoms with Gasteiger partial charge in [-0.15, -0.1) is 28.2 Å². The summed E-state index contributed by atoms with van der Waals surface area (Å²) in [6.07, 6.45) is 0.267. The molecule has 0 saturated carbocycles. The molecule has 0 aliphatic heterocycles. The van der Waals surface area contributed by atoms with Gasteiger partial charge in [0.25, 0.3) is 5.89 Å². The van der Waals surface area contributed by atoms with Crippen molar-refractivity contribution in [2.45, 2.75) is 30.4 Å². The number of amides is 1. The minimum Gasteiger partial charge on any atom is -0.402 e. The van der Waals surface area contributed by atoms with Crippen molar-refractivity contribution in [2.24, 2.45) is 0 Å². The van der Waals surface area contributed by atoms with E-state index in [1.165, 1.54) is 16.2 Å². The molecule has 0 aliphatic rings. The molecule has 1 N–H and O–H groups in total. The van der Waals surface area contributed by atoms with Crippen LogP contribution in [-0.2, 0) is 11.2 Å². The highest BCUT2D eigenvalue weighted by molar-refractivity contribution is 7.99. The molecule has 2 aromatic heterocycles. The van der Waals surface area contributed by atoms with Crippen molar-refractivity contribution < 1.29 is 9.21 Å². The van der Waals surface area contributed by atoms with E-state index >= 15 is 0 Å². The average molecular weight is 359 g/mol. The molecular weight excluding hydrogens is 342 g/mol. The van der Waals surface area contributed by atoms with Gasteiger partial charge in [-0.1, -0.05) is 37.1 Å². The van der Waals surface area contributed by atoms with Gasteiger partial charge in [0.1, 0.15) is 0 Å². The van der Waals surface area contributed by atoms with Crippen LogP contribution in [0.15, 0.2) is 51.1 Å². The molecule has 0 saturated heterocycles. The van der Waals surface area contributed by atoms with Gasteiger partial charge >= 0.3 is 6.01 Å². The standard InChI is InChI=1S/C17H17N3O2S2/c1-11(2)24-13-7-5-12(6-8-13)10-15(21)18-17-20-19-16(22-17)14-4-3-9-23-14/h3-9,11H,10H2,1-2H3,(H,18,20,21). The Morgan fingerprint density at radius 2 is 2.04 bits per heavy atom. The van der Waals surface area contributed by atoms with Crippen LogP contribution in [-0.4, -0.2) is 21.4 Å². The van der Waals surface area contributed by atoms with Crippen molar-refractivity contribution in [2.75, 3.05) is 5.32 Å². The number of carbonyl (C=O) groups is 1. The first kappa shape index (κ1) is 16.7. The zero-order chi connectivity index (χ0) is 16.9. The number of hydrogen-bond acceptors (Lipinski definition) is 6. The zero-order valence-corrected chi connectivity index (χ0v) is 15.0. The molecule has 0 spiro atoms. The third kappa shape index (κ3) is 4.46. The number of carbonyl (C=O) groups excluding carboxylic acids is 1. The maximum absolute atomic E-state index is 12.1. The Morgan fingerprint density at radius 1 is 1.25 bits per heavy atom. The van der Waals surface area contributed by atoms with Gasteiger partial charge in [-0.2, -0.15) is 0 Å². The fourth-order valence-corrected chi connectivity index (χ4v) is 3.56. The van der Waals surface area contributed by atoms with Crippen LogP contribution >= 0.6 is 23.1 Å². The minimum absolute atomic E-state index is 0.121. The van der Waals surface area contributed by atoms with E-state index < -0.39 is 0 Å². The van der Waals surface area contributed by atoms with E-state index in [2.05, 4.69) is 29.4 Å². The molecule has 7 heteroatoms. The lowest BCUT2D eigenvalue weighted by Crippen LogP contribution is -2.14.